The Kier molecular flexibility index (Phi) is 6.21. The number of likely N-dealkylation sites (tertiary alicyclic amines) is 1. The van der Waals surface area contributed by atoms with Gasteiger partial charge in [0.2, 0.25) is 5.91 Å². The first-order valence-electron chi connectivity index (χ1n) is 10.4. The van der Waals surface area contributed by atoms with Gasteiger partial charge < -0.3 is 14.6 Å². The standard InChI is InChI=1S/C22H21F3N4O4/c23-22(24,25)15-7-8-16(18(12-15)29(31)32)26-10-9-20(30)28-11-3-4-14(13-28)21-27-17-5-1-2-6-19(17)33-21/h1-2,5-8,12,14,26H,3-4,9-11,13H2. The van der Waals surface area contributed by atoms with Gasteiger partial charge in [0.15, 0.2) is 11.5 Å². The molecule has 11 heteroatoms. The Labute approximate surface area is 186 Å². The summed E-state index contributed by atoms with van der Waals surface area (Å²) in [5.41, 5.74) is -0.402. The van der Waals surface area contributed by atoms with Crippen molar-refractivity contribution in [3.8, 4) is 0 Å². The number of piperidine rings is 1. The van der Waals surface area contributed by atoms with Crippen LogP contribution < -0.4 is 5.32 Å². The van der Waals surface area contributed by atoms with Crippen molar-refractivity contribution in [2.45, 2.75) is 31.4 Å². The second-order valence-electron chi connectivity index (χ2n) is 7.86. The molecule has 1 aliphatic rings. The Morgan fingerprint density at radius 2 is 2.06 bits per heavy atom. The van der Waals surface area contributed by atoms with Gasteiger partial charge in [-0.25, -0.2) is 4.98 Å². The van der Waals surface area contributed by atoms with Crippen LogP contribution in [-0.2, 0) is 11.0 Å². The summed E-state index contributed by atoms with van der Waals surface area (Å²) in [5.74, 6) is 0.407. The van der Waals surface area contributed by atoms with Crippen LogP contribution in [0.4, 0.5) is 24.5 Å². The molecule has 8 nitrogen and oxygen atoms in total. The van der Waals surface area contributed by atoms with Crippen molar-refractivity contribution in [1.29, 1.82) is 0 Å². The van der Waals surface area contributed by atoms with E-state index in [1.54, 1.807) is 4.90 Å². The molecular weight excluding hydrogens is 441 g/mol. The Morgan fingerprint density at radius 1 is 1.27 bits per heavy atom. The summed E-state index contributed by atoms with van der Waals surface area (Å²) < 4.78 is 44.3. The van der Waals surface area contributed by atoms with Crippen molar-refractivity contribution in [3.05, 3.63) is 64.0 Å². The molecule has 1 saturated heterocycles. The molecule has 1 fully saturated rings. The van der Waals surface area contributed by atoms with Crippen LogP contribution in [0.1, 0.15) is 36.6 Å². The number of fused-ring (bicyclic) bond motifs is 1. The van der Waals surface area contributed by atoms with Crippen LogP contribution in [0.5, 0.6) is 0 Å². The third-order valence-electron chi connectivity index (χ3n) is 5.61. The normalized spacial score (nSPS) is 16.7. The predicted molar refractivity (Wildman–Crippen MR) is 114 cm³/mol. The number of benzene rings is 2. The molecule has 0 bridgehead atoms. The molecule has 174 valence electrons. The predicted octanol–water partition coefficient (Wildman–Crippen LogP) is 4.96. The molecule has 1 unspecified atom stereocenters. The van der Waals surface area contributed by atoms with E-state index in [4.69, 9.17) is 4.42 Å². The van der Waals surface area contributed by atoms with Crippen molar-refractivity contribution in [2.24, 2.45) is 0 Å². The summed E-state index contributed by atoms with van der Waals surface area (Å²) in [5, 5.41) is 13.9. The van der Waals surface area contributed by atoms with Crippen molar-refractivity contribution in [2.75, 3.05) is 25.0 Å². The molecule has 0 spiro atoms. The van der Waals surface area contributed by atoms with Gasteiger partial charge >= 0.3 is 6.18 Å². The topological polar surface area (TPSA) is 102 Å². The molecule has 4 rings (SSSR count). The van der Waals surface area contributed by atoms with Crippen LogP contribution in [0.15, 0.2) is 46.9 Å². The van der Waals surface area contributed by atoms with Crippen LogP contribution >= 0.6 is 0 Å². The Balaban J connectivity index is 1.36. The number of alkyl halides is 3. The van der Waals surface area contributed by atoms with E-state index < -0.39 is 22.4 Å². The first kappa shape index (κ1) is 22.6. The van der Waals surface area contributed by atoms with Gasteiger partial charge in [-0.1, -0.05) is 12.1 Å². The highest BCUT2D eigenvalue weighted by atomic mass is 19.4. The second-order valence-corrected chi connectivity index (χ2v) is 7.86. The van der Waals surface area contributed by atoms with Crippen molar-refractivity contribution in [1.82, 2.24) is 9.88 Å². The van der Waals surface area contributed by atoms with E-state index in [9.17, 15) is 28.1 Å². The summed E-state index contributed by atoms with van der Waals surface area (Å²) >= 11 is 0. The fourth-order valence-electron chi connectivity index (χ4n) is 3.94. The lowest BCUT2D eigenvalue weighted by molar-refractivity contribution is -0.384. The summed E-state index contributed by atoms with van der Waals surface area (Å²) in [6.45, 7) is 1.08. The van der Waals surface area contributed by atoms with E-state index in [2.05, 4.69) is 10.3 Å². The van der Waals surface area contributed by atoms with Gasteiger partial charge in [-0.3, -0.25) is 14.9 Å². The number of oxazole rings is 1. The number of nitro benzene ring substituents is 1. The summed E-state index contributed by atoms with van der Waals surface area (Å²) in [6.07, 6.45) is -3.02. The highest BCUT2D eigenvalue weighted by Gasteiger charge is 2.33. The minimum Gasteiger partial charge on any atom is -0.440 e. The lowest BCUT2D eigenvalue weighted by Crippen LogP contribution is -2.39. The van der Waals surface area contributed by atoms with Crippen LogP contribution in [0, 0.1) is 10.1 Å². The molecule has 2 aromatic carbocycles. The van der Waals surface area contributed by atoms with E-state index in [-0.39, 0.29) is 30.5 Å². The lowest BCUT2D eigenvalue weighted by Gasteiger charge is -2.31. The van der Waals surface area contributed by atoms with Gasteiger partial charge in [-0.15, -0.1) is 0 Å². The second kappa shape index (κ2) is 9.08. The van der Waals surface area contributed by atoms with Gasteiger partial charge in [0.1, 0.15) is 11.2 Å². The molecule has 1 atom stereocenters. The molecule has 1 aromatic heterocycles. The molecule has 0 radical (unpaired) electrons. The fourth-order valence-corrected chi connectivity index (χ4v) is 3.94. The average molecular weight is 462 g/mol. The van der Waals surface area contributed by atoms with Crippen LogP contribution in [0.2, 0.25) is 0 Å². The van der Waals surface area contributed by atoms with E-state index in [0.717, 1.165) is 30.5 Å². The SMILES string of the molecule is O=C(CCNc1ccc(C(F)(F)F)cc1[N+](=O)[O-])N1CCCC(c2nc3ccccc3o2)C1. The van der Waals surface area contributed by atoms with Gasteiger partial charge in [-0.05, 0) is 37.1 Å². The molecule has 1 aliphatic heterocycles. The third-order valence-corrected chi connectivity index (χ3v) is 5.61. The number of hydrogen-bond acceptors (Lipinski definition) is 6. The first-order chi connectivity index (χ1) is 15.7. The number of para-hydroxylation sites is 2. The zero-order valence-corrected chi connectivity index (χ0v) is 17.5. The monoisotopic (exact) mass is 462 g/mol. The molecule has 1 amide bonds. The Morgan fingerprint density at radius 3 is 2.79 bits per heavy atom. The number of nitrogens with one attached hydrogen (secondary N) is 1. The number of aromatic nitrogens is 1. The molecule has 33 heavy (non-hydrogen) atoms. The quantitative estimate of drug-likeness (QED) is 0.410. The number of amides is 1. The largest absolute Gasteiger partial charge is 0.440 e. The molecule has 2 heterocycles. The van der Waals surface area contributed by atoms with Crippen molar-refractivity contribution >= 4 is 28.4 Å². The fraction of sp³-hybridized carbons (Fsp3) is 0.364. The maximum atomic E-state index is 12.8. The molecule has 3 aromatic rings. The highest BCUT2D eigenvalue weighted by molar-refractivity contribution is 5.77. The van der Waals surface area contributed by atoms with Gasteiger partial charge in [0, 0.05) is 32.1 Å². The number of rotatable bonds is 6. The van der Waals surface area contributed by atoms with E-state index in [1.807, 2.05) is 24.3 Å². The molecule has 1 N–H and O–H groups in total. The van der Waals surface area contributed by atoms with Gasteiger partial charge in [0.05, 0.1) is 16.4 Å². The smallest absolute Gasteiger partial charge is 0.416 e. The van der Waals surface area contributed by atoms with Crippen LogP contribution in [-0.4, -0.2) is 40.3 Å². The molecule has 0 aliphatic carbocycles. The van der Waals surface area contributed by atoms with E-state index >= 15 is 0 Å². The summed E-state index contributed by atoms with van der Waals surface area (Å²) in [7, 11) is 0. The minimum atomic E-state index is -4.68. The number of nitrogens with zero attached hydrogens (tertiary/aromatic N) is 3. The van der Waals surface area contributed by atoms with Crippen LogP contribution in [0.25, 0.3) is 11.1 Å². The molecular formula is C22H21F3N4O4. The Hall–Kier alpha value is -3.63. The number of halogens is 3. The van der Waals surface area contributed by atoms with Crippen molar-refractivity contribution < 1.29 is 27.3 Å². The summed E-state index contributed by atoms with van der Waals surface area (Å²) in [6, 6.07) is 9.70. The minimum absolute atomic E-state index is 0.0286. The highest BCUT2D eigenvalue weighted by Crippen LogP contribution is 2.35. The summed E-state index contributed by atoms with van der Waals surface area (Å²) in [4.78, 5) is 29.2. The van der Waals surface area contributed by atoms with Crippen LogP contribution in [0.3, 0.4) is 0 Å². The van der Waals surface area contributed by atoms with Gasteiger partial charge in [0.25, 0.3) is 5.69 Å². The maximum Gasteiger partial charge on any atom is 0.416 e. The third kappa shape index (κ3) is 5.07. The molecule has 0 saturated carbocycles. The number of anilines is 1. The zero-order chi connectivity index (χ0) is 23.6. The maximum absolute atomic E-state index is 12.8. The van der Waals surface area contributed by atoms with Gasteiger partial charge in [-0.2, -0.15) is 13.2 Å². The number of carbonyl (C=O) groups excluding carboxylic acids is 1. The number of carbonyl (C=O) groups is 1. The van der Waals surface area contributed by atoms with E-state index in [1.165, 1.54) is 0 Å². The number of hydrogen-bond donors (Lipinski definition) is 1. The lowest BCUT2D eigenvalue weighted by atomic mass is 9.97. The van der Waals surface area contributed by atoms with Crippen molar-refractivity contribution in [3.63, 3.8) is 0 Å². The average Bonchev–Trinajstić information content (AvgIpc) is 3.23. The number of nitro groups is 1. The first-order valence-corrected chi connectivity index (χ1v) is 10.4. The van der Waals surface area contributed by atoms with E-state index in [0.29, 0.717) is 30.6 Å². The Bertz CT molecular complexity index is 1140. The zero-order valence-electron chi connectivity index (χ0n) is 17.5.